The molecule has 0 amide bonds. The van der Waals surface area contributed by atoms with Gasteiger partial charge in [0.05, 0.1) is 6.54 Å². The highest BCUT2D eigenvalue weighted by Gasteiger charge is 2.25. The Bertz CT molecular complexity index is 818. The lowest BCUT2D eigenvalue weighted by Gasteiger charge is -2.28. The molecular formula is C18H19NO4S. The van der Waals surface area contributed by atoms with E-state index < -0.39 is 10.0 Å². The molecule has 0 aromatic heterocycles. The van der Waals surface area contributed by atoms with Crippen molar-refractivity contribution in [1.29, 1.82) is 0 Å². The van der Waals surface area contributed by atoms with Crippen LogP contribution in [0.2, 0.25) is 0 Å². The lowest BCUT2D eigenvalue weighted by Crippen LogP contribution is -2.41. The third-order valence-electron chi connectivity index (χ3n) is 3.69. The van der Waals surface area contributed by atoms with Crippen molar-refractivity contribution in [1.82, 2.24) is 4.31 Å². The standard InChI is InChI=1S/C18H19NO4S/c1-19(24(20,21)12-11-15-7-3-2-4-8-15)13-16-14-22-17-9-5-6-10-18(17)23-16/h2-12,16H,13-14H2,1H3/b12-11+/t16-/m1/s1. The molecule has 2 aromatic rings. The molecule has 0 bridgehead atoms. The molecule has 6 heteroatoms. The van der Waals surface area contributed by atoms with Crippen LogP contribution in [-0.2, 0) is 10.0 Å². The molecule has 0 unspecified atom stereocenters. The van der Waals surface area contributed by atoms with E-state index in [4.69, 9.17) is 9.47 Å². The molecule has 0 radical (unpaired) electrons. The number of hydrogen-bond acceptors (Lipinski definition) is 4. The van der Waals surface area contributed by atoms with Crippen molar-refractivity contribution < 1.29 is 17.9 Å². The van der Waals surface area contributed by atoms with Gasteiger partial charge in [-0.15, -0.1) is 0 Å². The topological polar surface area (TPSA) is 55.8 Å². The summed E-state index contributed by atoms with van der Waals surface area (Å²) in [7, 11) is -1.98. The molecule has 0 spiro atoms. The Kier molecular flexibility index (Phi) is 4.87. The summed E-state index contributed by atoms with van der Waals surface area (Å²) in [6.45, 7) is 0.537. The Balaban J connectivity index is 1.64. The zero-order valence-corrected chi connectivity index (χ0v) is 14.1. The summed E-state index contributed by atoms with van der Waals surface area (Å²) < 4.78 is 37.4. The van der Waals surface area contributed by atoms with Gasteiger partial charge in [-0.3, -0.25) is 0 Å². The molecule has 0 saturated carbocycles. The van der Waals surface area contributed by atoms with E-state index in [1.54, 1.807) is 6.08 Å². The fraction of sp³-hybridized carbons (Fsp3) is 0.222. The van der Waals surface area contributed by atoms with E-state index in [2.05, 4.69) is 0 Å². The smallest absolute Gasteiger partial charge is 0.236 e. The molecule has 5 nitrogen and oxygen atoms in total. The van der Waals surface area contributed by atoms with E-state index in [1.165, 1.54) is 16.8 Å². The first kappa shape index (κ1) is 16.5. The maximum absolute atomic E-state index is 12.4. The molecule has 1 aliphatic rings. The van der Waals surface area contributed by atoms with Crippen molar-refractivity contribution in [3.63, 3.8) is 0 Å². The van der Waals surface area contributed by atoms with Crippen molar-refractivity contribution in [2.75, 3.05) is 20.2 Å². The van der Waals surface area contributed by atoms with Gasteiger partial charge in [-0.05, 0) is 23.8 Å². The average molecular weight is 345 g/mol. The Labute approximate surface area is 142 Å². The Hall–Kier alpha value is -2.31. The van der Waals surface area contributed by atoms with E-state index in [9.17, 15) is 8.42 Å². The summed E-state index contributed by atoms with van der Waals surface area (Å²) in [6.07, 6.45) is 1.24. The summed E-state index contributed by atoms with van der Waals surface area (Å²) in [5.41, 5.74) is 0.834. The molecule has 0 N–H and O–H groups in total. The molecule has 1 heterocycles. The maximum Gasteiger partial charge on any atom is 0.236 e. The molecule has 0 fully saturated rings. The fourth-order valence-corrected chi connectivity index (χ4v) is 3.29. The molecule has 1 atom stereocenters. The summed E-state index contributed by atoms with van der Waals surface area (Å²) in [5.74, 6) is 1.32. The molecule has 0 aliphatic carbocycles. The summed E-state index contributed by atoms with van der Waals surface area (Å²) in [6, 6.07) is 16.7. The second kappa shape index (κ2) is 7.07. The number of ether oxygens (including phenoxy) is 2. The molecule has 126 valence electrons. The lowest BCUT2D eigenvalue weighted by molar-refractivity contribution is 0.0800. The van der Waals surface area contributed by atoms with Crippen LogP contribution in [0, 0.1) is 0 Å². The van der Waals surface area contributed by atoms with Crippen LogP contribution in [-0.4, -0.2) is 39.0 Å². The van der Waals surface area contributed by atoms with Gasteiger partial charge >= 0.3 is 0 Å². The van der Waals surface area contributed by atoms with Gasteiger partial charge in [-0.25, -0.2) is 8.42 Å². The minimum absolute atomic E-state index is 0.218. The molecule has 3 rings (SSSR count). The maximum atomic E-state index is 12.4. The average Bonchev–Trinajstić information content (AvgIpc) is 2.61. The normalized spacial score (nSPS) is 17.3. The quantitative estimate of drug-likeness (QED) is 0.836. The Morgan fingerprint density at radius 3 is 2.50 bits per heavy atom. The number of benzene rings is 2. The second-order valence-electron chi connectivity index (χ2n) is 5.54. The van der Waals surface area contributed by atoms with Gasteiger partial charge in [0.15, 0.2) is 11.5 Å². The van der Waals surface area contributed by atoms with Crippen LogP contribution in [0.25, 0.3) is 6.08 Å². The fourth-order valence-electron chi connectivity index (χ4n) is 2.38. The zero-order valence-electron chi connectivity index (χ0n) is 13.3. The summed E-state index contributed by atoms with van der Waals surface area (Å²) >= 11 is 0. The van der Waals surface area contributed by atoms with Crippen LogP contribution in [0.5, 0.6) is 11.5 Å². The van der Waals surface area contributed by atoms with E-state index in [0.717, 1.165) is 5.56 Å². The van der Waals surface area contributed by atoms with Crippen LogP contribution in [0.15, 0.2) is 60.0 Å². The van der Waals surface area contributed by atoms with Gasteiger partial charge in [-0.2, -0.15) is 4.31 Å². The highest BCUT2D eigenvalue weighted by Crippen LogP contribution is 2.31. The highest BCUT2D eigenvalue weighted by atomic mass is 32.2. The number of fused-ring (bicyclic) bond motifs is 1. The van der Waals surface area contributed by atoms with Crippen molar-refractivity contribution in [2.24, 2.45) is 0 Å². The van der Waals surface area contributed by atoms with Gasteiger partial charge in [0.2, 0.25) is 10.0 Å². The van der Waals surface area contributed by atoms with Crippen LogP contribution in [0.3, 0.4) is 0 Å². The molecule has 24 heavy (non-hydrogen) atoms. The number of hydrogen-bond donors (Lipinski definition) is 0. The van der Waals surface area contributed by atoms with Gasteiger partial charge in [0.25, 0.3) is 0 Å². The second-order valence-corrected chi connectivity index (χ2v) is 7.46. The molecule has 1 aliphatic heterocycles. The van der Waals surface area contributed by atoms with E-state index in [1.807, 2.05) is 54.6 Å². The van der Waals surface area contributed by atoms with Gasteiger partial charge < -0.3 is 9.47 Å². The monoisotopic (exact) mass is 345 g/mol. The first-order chi connectivity index (χ1) is 11.5. The van der Waals surface area contributed by atoms with E-state index in [0.29, 0.717) is 18.1 Å². The minimum Gasteiger partial charge on any atom is -0.486 e. The van der Waals surface area contributed by atoms with Crippen LogP contribution >= 0.6 is 0 Å². The highest BCUT2D eigenvalue weighted by molar-refractivity contribution is 7.92. The van der Waals surface area contributed by atoms with Crippen molar-refractivity contribution in [3.8, 4) is 11.5 Å². The molecular weight excluding hydrogens is 326 g/mol. The Morgan fingerprint density at radius 1 is 1.08 bits per heavy atom. The third-order valence-corrected chi connectivity index (χ3v) is 5.19. The molecule has 0 saturated heterocycles. The largest absolute Gasteiger partial charge is 0.486 e. The lowest BCUT2D eigenvalue weighted by atomic mass is 10.2. The first-order valence-corrected chi connectivity index (χ1v) is 9.13. The summed E-state index contributed by atoms with van der Waals surface area (Å²) in [4.78, 5) is 0. The van der Waals surface area contributed by atoms with Crippen molar-refractivity contribution in [3.05, 3.63) is 65.6 Å². The van der Waals surface area contributed by atoms with Crippen molar-refractivity contribution in [2.45, 2.75) is 6.10 Å². The third kappa shape index (κ3) is 3.96. The minimum atomic E-state index is -3.52. The number of nitrogens with zero attached hydrogens (tertiary/aromatic N) is 1. The van der Waals surface area contributed by atoms with Crippen LogP contribution in [0.4, 0.5) is 0 Å². The summed E-state index contributed by atoms with van der Waals surface area (Å²) in [5, 5.41) is 1.21. The van der Waals surface area contributed by atoms with Crippen LogP contribution in [0.1, 0.15) is 5.56 Å². The van der Waals surface area contributed by atoms with Crippen molar-refractivity contribution >= 4 is 16.1 Å². The Morgan fingerprint density at radius 2 is 1.75 bits per heavy atom. The van der Waals surface area contributed by atoms with E-state index >= 15 is 0 Å². The number of rotatable bonds is 5. The van der Waals surface area contributed by atoms with E-state index in [-0.39, 0.29) is 12.6 Å². The van der Waals surface area contributed by atoms with Crippen LogP contribution < -0.4 is 9.47 Å². The number of para-hydroxylation sites is 2. The zero-order chi connectivity index (χ0) is 17.0. The molecule has 2 aromatic carbocycles. The van der Waals surface area contributed by atoms with Gasteiger partial charge in [-0.1, -0.05) is 42.5 Å². The predicted molar refractivity (Wildman–Crippen MR) is 93.4 cm³/mol. The SMILES string of the molecule is CN(C[C@@H]1COc2ccccc2O1)S(=O)(=O)/C=C/c1ccccc1. The first-order valence-electron chi connectivity index (χ1n) is 7.62. The number of likely N-dealkylation sites (N-methyl/N-ethyl adjacent to an activating group) is 1. The predicted octanol–water partition coefficient (Wildman–Crippen LogP) is 2.76. The number of sulfonamides is 1. The van der Waals surface area contributed by atoms with Gasteiger partial charge in [0, 0.05) is 12.5 Å². The van der Waals surface area contributed by atoms with Gasteiger partial charge in [0.1, 0.15) is 12.7 Å².